The van der Waals surface area contributed by atoms with Crippen LogP contribution in [0.2, 0.25) is 0 Å². The summed E-state index contributed by atoms with van der Waals surface area (Å²) in [6.45, 7) is 15.6. The van der Waals surface area contributed by atoms with Crippen LogP contribution >= 0.6 is 0 Å². The van der Waals surface area contributed by atoms with Gasteiger partial charge in [0.05, 0.1) is 0 Å². The van der Waals surface area contributed by atoms with Crippen molar-refractivity contribution in [3.05, 3.63) is 35.9 Å². The van der Waals surface area contributed by atoms with Gasteiger partial charge in [0, 0.05) is 19.6 Å². The molecule has 0 spiro atoms. The smallest absolute Gasteiger partial charge is 0.0234 e. The third-order valence-electron chi connectivity index (χ3n) is 4.71. The lowest BCUT2D eigenvalue weighted by Crippen LogP contribution is -2.24. The van der Waals surface area contributed by atoms with Crippen molar-refractivity contribution < 1.29 is 0 Å². The molecule has 0 amide bonds. The molecule has 112 valence electrons. The van der Waals surface area contributed by atoms with Crippen LogP contribution in [0.5, 0.6) is 0 Å². The largest absolute Gasteiger partial charge is 0.298 e. The van der Waals surface area contributed by atoms with Crippen LogP contribution < -0.4 is 0 Å². The van der Waals surface area contributed by atoms with Crippen LogP contribution in [0.3, 0.4) is 0 Å². The molecule has 1 aromatic rings. The first-order valence-corrected chi connectivity index (χ1v) is 8.03. The molecule has 1 saturated heterocycles. The molecule has 20 heavy (non-hydrogen) atoms. The normalized spacial score (nSPS) is 23.1. The minimum atomic E-state index is 0.458. The average Bonchev–Trinajstić information content (AvgIpc) is 2.61. The summed E-state index contributed by atoms with van der Waals surface area (Å²) in [5, 5.41) is 0. The van der Waals surface area contributed by atoms with Crippen molar-refractivity contribution >= 4 is 0 Å². The fraction of sp³-hybridized carbons (Fsp3) is 0.684. The minimum absolute atomic E-state index is 0.458. The van der Waals surface area contributed by atoms with Crippen molar-refractivity contribution in [2.45, 2.75) is 54.0 Å². The van der Waals surface area contributed by atoms with E-state index in [2.05, 4.69) is 69.9 Å². The van der Waals surface area contributed by atoms with Gasteiger partial charge in [-0.1, -0.05) is 65.0 Å². The Hall–Kier alpha value is -0.820. The lowest BCUT2D eigenvalue weighted by Gasteiger charge is -2.28. The Balaban J connectivity index is 1.93. The maximum Gasteiger partial charge on any atom is 0.0234 e. The molecule has 0 saturated carbocycles. The number of benzene rings is 1. The molecule has 0 N–H and O–H groups in total. The summed E-state index contributed by atoms with van der Waals surface area (Å²) in [5.41, 5.74) is 2.36. The molecule has 0 aromatic heterocycles. The topological polar surface area (TPSA) is 3.24 Å². The van der Waals surface area contributed by atoms with Gasteiger partial charge in [0.2, 0.25) is 0 Å². The number of rotatable bonds is 4. The second-order valence-electron chi connectivity index (χ2n) is 8.44. The quantitative estimate of drug-likeness (QED) is 0.748. The van der Waals surface area contributed by atoms with E-state index in [1.54, 1.807) is 0 Å². The highest BCUT2D eigenvalue weighted by atomic mass is 15.2. The summed E-state index contributed by atoms with van der Waals surface area (Å²) in [6, 6.07) is 10.9. The fourth-order valence-electron chi connectivity index (χ4n) is 3.38. The zero-order valence-corrected chi connectivity index (χ0v) is 13.9. The fourth-order valence-corrected chi connectivity index (χ4v) is 3.38. The third kappa shape index (κ3) is 4.34. The molecule has 1 atom stereocenters. The van der Waals surface area contributed by atoms with Gasteiger partial charge in [-0.25, -0.2) is 0 Å². The highest BCUT2D eigenvalue weighted by Gasteiger charge is 2.39. The summed E-state index contributed by atoms with van der Waals surface area (Å²) < 4.78 is 0. The van der Waals surface area contributed by atoms with Crippen LogP contribution in [0, 0.1) is 16.7 Å². The number of likely N-dealkylation sites (tertiary alicyclic amines) is 1. The van der Waals surface area contributed by atoms with Crippen molar-refractivity contribution in [2.75, 3.05) is 13.1 Å². The van der Waals surface area contributed by atoms with Crippen molar-refractivity contribution in [3.63, 3.8) is 0 Å². The molecule has 1 aliphatic rings. The van der Waals surface area contributed by atoms with E-state index in [1.165, 1.54) is 31.5 Å². The summed E-state index contributed by atoms with van der Waals surface area (Å²) in [7, 11) is 0. The Morgan fingerprint density at radius 3 is 2.40 bits per heavy atom. The molecule has 1 heterocycles. The summed E-state index contributed by atoms with van der Waals surface area (Å²) in [4.78, 5) is 2.64. The van der Waals surface area contributed by atoms with E-state index in [0.29, 0.717) is 10.8 Å². The highest BCUT2D eigenvalue weighted by molar-refractivity contribution is 5.15. The molecule has 0 bridgehead atoms. The van der Waals surface area contributed by atoms with Crippen LogP contribution in [0.1, 0.15) is 53.0 Å². The Kier molecular flexibility index (Phi) is 4.59. The van der Waals surface area contributed by atoms with Gasteiger partial charge in [-0.3, -0.25) is 4.90 Å². The molecule has 1 aliphatic heterocycles. The molecular formula is C19H31N. The van der Waals surface area contributed by atoms with E-state index in [4.69, 9.17) is 0 Å². The Morgan fingerprint density at radius 2 is 1.80 bits per heavy atom. The van der Waals surface area contributed by atoms with Crippen molar-refractivity contribution in [1.29, 1.82) is 0 Å². The molecule has 1 nitrogen and oxygen atoms in total. The summed E-state index contributed by atoms with van der Waals surface area (Å²) >= 11 is 0. The summed E-state index contributed by atoms with van der Waals surface area (Å²) in [6.07, 6.45) is 2.70. The Labute approximate surface area is 125 Å². The van der Waals surface area contributed by atoms with Crippen LogP contribution in [0.25, 0.3) is 0 Å². The van der Waals surface area contributed by atoms with E-state index in [0.717, 1.165) is 12.5 Å². The van der Waals surface area contributed by atoms with Crippen LogP contribution in [-0.4, -0.2) is 18.0 Å². The molecule has 1 fully saturated rings. The maximum absolute atomic E-state index is 2.64. The van der Waals surface area contributed by atoms with Gasteiger partial charge in [0.25, 0.3) is 0 Å². The zero-order chi connectivity index (χ0) is 14.8. The van der Waals surface area contributed by atoms with Crippen molar-refractivity contribution in [3.8, 4) is 0 Å². The molecule has 1 unspecified atom stereocenters. The van der Waals surface area contributed by atoms with Gasteiger partial charge < -0.3 is 0 Å². The summed E-state index contributed by atoms with van der Waals surface area (Å²) in [5.74, 6) is 0.838. The third-order valence-corrected chi connectivity index (χ3v) is 4.71. The van der Waals surface area contributed by atoms with Gasteiger partial charge >= 0.3 is 0 Å². The van der Waals surface area contributed by atoms with E-state index in [1.807, 2.05) is 0 Å². The zero-order valence-electron chi connectivity index (χ0n) is 13.9. The van der Waals surface area contributed by atoms with Gasteiger partial charge in [0.1, 0.15) is 0 Å². The van der Waals surface area contributed by atoms with Crippen molar-refractivity contribution in [2.24, 2.45) is 16.7 Å². The first-order chi connectivity index (χ1) is 9.26. The van der Waals surface area contributed by atoms with Gasteiger partial charge in [-0.2, -0.15) is 0 Å². The van der Waals surface area contributed by atoms with E-state index >= 15 is 0 Å². The molecule has 1 heteroatoms. The number of hydrogen-bond acceptors (Lipinski definition) is 1. The first-order valence-electron chi connectivity index (χ1n) is 8.03. The minimum Gasteiger partial charge on any atom is -0.298 e. The van der Waals surface area contributed by atoms with Gasteiger partial charge in [-0.15, -0.1) is 0 Å². The molecule has 1 aromatic carbocycles. The van der Waals surface area contributed by atoms with Crippen LogP contribution in [0.15, 0.2) is 30.3 Å². The molecule has 0 radical (unpaired) electrons. The lowest BCUT2D eigenvalue weighted by atomic mass is 9.76. The van der Waals surface area contributed by atoms with Crippen LogP contribution in [-0.2, 0) is 6.54 Å². The maximum atomic E-state index is 2.64. The van der Waals surface area contributed by atoms with Crippen LogP contribution in [0.4, 0.5) is 0 Å². The highest BCUT2D eigenvalue weighted by Crippen LogP contribution is 2.40. The Bertz CT molecular complexity index is 413. The molecule has 0 aliphatic carbocycles. The second kappa shape index (κ2) is 5.89. The van der Waals surface area contributed by atoms with Crippen molar-refractivity contribution in [1.82, 2.24) is 4.90 Å². The predicted molar refractivity (Wildman–Crippen MR) is 87.7 cm³/mol. The predicted octanol–water partition coefficient (Wildman–Crippen LogP) is 4.97. The van der Waals surface area contributed by atoms with E-state index in [-0.39, 0.29) is 0 Å². The first kappa shape index (κ1) is 15.6. The van der Waals surface area contributed by atoms with Gasteiger partial charge in [-0.05, 0) is 35.2 Å². The molecule has 2 rings (SSSR count). The number of hydrogen-bond donors (Lipinski definition) is 0. The SMILES string of the molecule is CC(C)(C)CCC1CN(Cc2ccccc2)CC1(C)C. The van der Waals surface area contributed by atoms with Gasteiger partial charge in [0.15, 0.2) is 0 Å². The lowest BCUT2D eigenvalue weighted by molar-refractivity contribution is 0.232. The monoisotopic (exact) mass is 273 g/mol. The average molecular weight is 273 g/mol. The second-order valence-corrected chi connectivity index (χ2v) is 8.44. The Morgan fingerprint density at radius 1 is 1.15 bits per heavy atom. The molecular weight excluding hydrogens is 242 g/mol. The van der Waals surface area contributed by atoms with E-state index in [9.17, 15) is 0 Å². The number of nitrogens with zero attached hydrogens (tertiary/aromatic N) is 1. The standard InChI is InChI=1S/C19H31N/c1-18(2,3)12-11-17-14-20(15-19(17,4)5)13-16-9-7-6-8-10-16/h6-10,17H,11-15H2,1-5H3. The van der Waals surface area contributed by atoms with E-state index < -0.39 is 0 Å².